The molecule has 0 aliphatic carbocycles. The summed E-state index contributed by atoms with van der Waals surface area (Å²) < 4.78 is 17.8. The molecule has 0 saturated heterocycles. The highest BCUT2D eigenvalue weighted by molar-refractivity contribution is 8.01. The molecule has 3 rings (SSSR count). The first-order chi connectivity index (χ1) is 13.6. The van der Waals surface area contributed by atoms with Gasteiger partial charge >= 0.3 is 0 Å². The molecule has 0 saturated carbocycles. The number of aromatic nitrogens is 1. The fraction of sp³-hybridized carbons (Fsp3) is 0.211. The number of hydrazone groups is 1. The highest BCUT2D eigenvalue weighted by Crippen LogP contribution is 2.37. The normalized spacial score (nSPS) is 11.0. The Bertz CT molecular complexity index is 946. The first-order valence-corrected chi connectivity index (χ1v) is 10.0. The third-order valence-corrected chi connectivity index (χ3v) is 5.87. The van der Waals surface area contributed by atoms with Gasteiger partial charge in [-0.2, -0.15) is 5.10 Å². The zero-order chi connectivity index (χ0) is 19.9. The number of carbonyl (C=O) groups is 1. The van der Waals surface area contributed by atoms with Crippen LogP contribution in [-0.4, -0.2) is 44.2 Å². The van der Waals surface area contributed by atoms with Gasteiger partial charge in [-0.1, -0.05) is 23.9 Å². The number of hydrogen-bond donors (Lipinski definition) is 1. The van der Waals surface area contributed by atoms with E-state index in [1.807, 2.05) is 24.3 Å². The van der Waals surface area contributed by atoms with E-state index in [-0.39, 0.29) is 11.7 Å². The van der Waals surface area contributed by atoms with Gasteiger partial charge in [0.1, 0.15) is 0 Å². The molecule has 1 aromatic heterocycles. The molecule has 0 radical (unpaired) electrons. The molecule has 0 unspecified atom stereocenters. The largest absolute Gasteiger partial charge is 0.493 e. The molecule has 7 nitrogen and oxygen atoms in total. The Labute approximate surface area is 170 Å². The van der Waals surface area contributed by atoms with Gasteiger partial charge in [-0.05, 0) is 24.3 Å². The molecule has 9 heteroatoms. The smallest absolute Gasteiger partial charge is 0.250 e. The maximum absolute atomic E-state index is 12.0. The zero-order valence-electron chi connectivity index (χ0n) is 15.6. The van der Waals surface area contributed by atoms with E-state index in [9.17, 15) is 4.79 Å². The van der Waals surface area contributed by atoms with Crippen LogP contribution in [0.5, 0.6) is 17.2 Å². The van der Waals surface area contributed by atoms with Gasteiger partial charge in [0.25, 0.3) is 5.91 Å². The number of hydrogen-bond acceptors (Lipinski definition) is 8. The summed E-state index contributed by atoms with van der Waals surface area (Å²) in [5, 5.41) is 4.00. The lowest BCUT2D eigenvalue weighted by Crippen LogP contribution is -2.19. The van der Waals surface area contributed by atoms with Crippen molar-refractivity contribution in [2.75, 3.05) is 27.1 Å². The molecule has 3 aromatic rings. The quantitative estimate of drug-likeness (QED) is 0.343. The van der Waals surface area contributed by atoms with Gasteiger partial charge in [0.05, 0.1) is 43.5 Å². The number of thiazole rings is 1. The maximum Gasteiger partial charge on any atom is 0.250 e. The maximum atomic E-state index is 12.0. The van der Waals surface area contributed by atoms with Gasteiger partial charge in [0, 0.05) is 5.56 Å². The first-order valence-electron chi connectivity index (χ1n) is 8.25. The van der Waals surface area contributed by atoms with E-state index < -0.39 is 0 Å². The Morgan fingerprint density at radius 3 is 2.54 bits per heavy atom. The monoisotopic (exact) mass is 417 g/mol. The van der Waals surface area contributed by atoms with Gasteiger partial charge in [0.15, 0.2) is 15.8 Å². The third kappa shape index (κ3) is 4.73. The summed E-state index contributed by atoms with van der Waals surface area (Å²) in [6.45, 7) is 0. The number of methoxy groups -OCH3 is 3. The van der Waals surface area contributed by atoms with E-state index in [2.05, 4.69) is 15.5 Å². The lowest BCUT2D eigenvalue weighted by atomic mass is 10.2. The molecule has 0 aliphatic rings. The number of rotatable bonds is 8. The van der Waals surface area contributed by atoms with Crippen LogP contribution in [0.3, 0.4) is 0 Å². The number of ether oxygens (including phenoxy) is 3. The van der Waals surface area contributed by atoms with Crippen molar-refractivity contribution in [1.29, 1.82) is 0 Å². The van der Waals surface area contributed by atoms with E-state index in [1.165, 1.54) is 25.1 Å². The summed E-state index contributed by atoms with van der Waals surface area (Å²) >= 11 is 2.95. The highest BCUT2D eigenvalue weighted by Gasteiger charge is 2.12. The van der Waals surface area contributed by atoms with Crippen LogP contribution in [0, 0.1) is 0 Å². The van der Waals surface area contributed by atoms with Gasteiger partial charge in [0.2, 0.25) is 5.75 Å². The number of benzene rings is 2. The number of nitrogens with zero attached hydrogens (tertiary/aromatic N) is 2. The first kappa shape index (κ1) is 20.0. The van der Waals surface area contributed by atoms with Crippen molar-refractivity contribution in [2.45, 2.75) is 4.34 Å². The average Bonchev–Trinajstić information content (AvgIpc) is 3.14. The molecule has 0 fully saturated rings. The average molecular weight is 418 g/mol. The molecule has 28 heavy (non-hydrogen) atoms. The van der Waals surface area contributed by atoms with Crippen LogP contribution in [0.4, 0.5) is 0 Å². The van der Waals surface area contributed by atoms with Crippen molar-refractivity contribution in [3.05, 3.63) is 42.0 Å². The lowest BCUT2D eigenvalue weighted by molar-refractivity contribution is -0.118. The Morgan fingerprint density at radius 1 is 1.18 bits per heavy atom. The summed E-state index contributed by atoms with van der Waals surface area (Å²) in [6, 6.07) is 11.4. The van der Waals surface area contributed by atoms with Gasteiger partial charge in [-0.15, -0.1) is 11.3 Å². The number of thioether (sulfide) groups is 1. The molecular formula is C19H19N3O4S2. The van der Waals surface area contributed by atoms with Crippen molar-refractivity contribution in [2.24, 2.45) is 5.10 Å². The number of amides is 1. The van der Waals surface area contributed by atoms with Crippen LogP contribution in [0.2, 0.25) is 0 Å². The SMILES string of the molecule is COc1cc(/C=N/NC(=O)CSc2nc3ccccc3s2)cc(OC)c1OC. The fourth-order valence-corrected chi connectivity index (χ4v) is 4.29. The molecule has 146 valence electrons. The molecule has 0 aliphatic heterocycles. The van der Waals surface area contributed by atoms with E-state index in [1.54, 1.807) is 37.7 Å². The topological polar surface area (TPSA) is 82.0 Å². The molecule has 0 bridgehead atoms. The van der Waals surface area contributed by atoms with Crippen molar-refractivity contribution in [3.63, 3.8) is 0 Å². The summed E-state index contributed by atoms with van der Waals surface area (Å²) in [5.41, 5.74) is 4.16. The van der Waals surface area contributed by atoms with Crippen LogP contribution in [-0.2, 0) is 4.79 Å². The Balaban J connectivity index is 1.58. The second-order valence-electron chi connectivity index (χ2n) is 5.49. The predicted octanol–water partition coefficient (Wildman–Crippen LogP) is 3.56. The molecule has 0 atom stereocenters. The van der Waals surface area contributed by atoms with Crippen LogP contribution in [0.1, 0.15) is 5.56 Å². The summed E-state index contributed by atoms with van der Waals surface area (Å²) in [7, 11) is 4.62. The Hall–Kier alpha value is -2.78. The second-order valence-corrected chi connectivity index (χ2v) is 7.74. The minimum Gasteiger partial charge on any atom is -0.493 e. The number of para-hydroxylation sites is 1. The summed E-state index contributed by atoms with van der Waals surface area (Å²) in [5.74, 6) is 1.54. The molecule has 1 amide bonds. The van der Waals surface area contributed by atoms with Crippen LogP contribution < -0.4 is 19.6 Å². The number of fused-ring (bicyclic) bond motifs is 1. The molecule has 1 heterocycles. The van der Waals surface area contributed by atoms with E-state index in [0.717, 1.165) is 14.6 Å². The van der Waals surface area contributed by atoms with Crippen LogP contribution >= 0.6 is 23.1 Å². The molecular weight excluding hydrogens is 398 g/mol. The summed E-state index contributed by atoms with van der Waals surface area (Å²) in [4.78, 5) is 16.5. The van der Waals surface area contributed by atoms with Crippen molar-refractivity contribution in [1.82, 2.24) is 10.4 Å². The predicted molar refractivity (Wildman–Crippen MR) is 112 cm³/mol. The lowest BCUT2D eigenvalue weighted by Gasteiger charge is -2.12. The fourth-order valence-electron chi connectivity index (χ4n) is 2.43. The van der Waals surface area contributed by atoms with Crippen molar-refractivity contribution < 1.29 is 19.0 Å². The van der Waals surface area contributed by atoms with Crippen LogP contribution in [0.15, 0.2) is 45.8 Å². The second kappa shape index (κ2) is 9.43. The van der Waals surface area contributed by atoms with Gasteiger partial charge < -0.3 is 14.2 Å². The Kier molecular flexibility index (Phi) is 6.72. The highest BCUT2D eigenvalue weighted by atomic mass is 32.2. The molecule has 2 aromatic carbocycles. The van der Waals surface area contributed by atoms with E-state index >= 15 is 0 Å². The minimum absolute atomic E-state index is 0.215. The van der Waals surface area contributed by atoms with Crippen LogP contribution in [0.25, 0.3) is 10.2 Å². The number of carbonyl (C=O) groups excluding carboxylic acids is 1. The van der Waals surface area contributed by atoms with Gasteiger partial charge in [-0.25, -0.2) is 10.4 Å². The minimum atomic E-state index is -0.215. The third-order valence-electron chi connectivity index (χ3n) is 3.69. The number of nitrogens with one attached hydrogen (secondary N) is 1. The Morgan fingerprint density at radius 2 is 1.89 bits per heavy atom. The molecule has 0 spiro atoms. The van der Waals surface area contributed by atoms with Crippen molar-refractivity contribution in [3.8, 4) is 17.2 Å². The zero-order valence-corrected chi connectivity index (χ0v) is 17.2. The molecule has 1 N–H and O–H groups in total. The van der Waals surface area contributed by atoms with Gasteiger partial charge in [-0.3, -0.25) is 4.79 Å². The van der Waals surface area contributed by atoms with E-state index in [0.29, 0.717) is 22.8 Å². The van der Waals surface area contributed by atoms with Crippen molar-refractivity contribution >= 4 is 45.4 Å². The summed E-state index contributed by atoms with van der Waals surface area (Å²) in [6.07, 6.45) is 1.52. The standard InChI is InChI=1S/C19H19N3O4S2/c1-24-14-8-12(9-15(25-2)18(14)26-3)10-20-22-17(23)11-27-19-21-13-6-4-5-7-16(13)28-19/h4-10H,11H2,1-3H3,(H,22,23)/b20-10+. The van der Waals surface area contributed by atoms with E-state index in [4.69, 9.17) is 14.2 Å².